The molecule has 1 atom stereocenters. The predicted molar refractivity (Wildman–Crippen MR) is 65.7 cm³/mol. The third-order valence-corrected chi connectivity index (χ3v) is 2.67. The number of hydrogen-bond donors (Lipinski definition) is 3. The second-order valence-corrected chi connectivity index (χ2v) is 3.85. The van der Waals surface area contributed by atoms with Crippen molar-refractivity contribution in [3.63, 3.8) is 0 Å². The molecule has 0 fully saturated rings. The lowest BCUT2D eigenvalue weighted by atomic mass is 10.0. The number of nitrogens with one attached hydrogen (secondary N) is 2. The summed E-state index contributed by atoms with van der Waals surface area (Å²) >= 11 is 0. The van der Waals surface area contributed by atoms with Crippen LogP contribution in [-0.2, 0) is 0 Å². The fourth-order valence-electron chi connectivity index (χ4n) is 1.88. The number of nitrogens with two attached hydrogens (primary N) is 1. The molecule has 0 saturated carbocycles. The summed E-state index contributed by atoms with van der Waals surface area (Å²) in [5.41, 5.74) is 5.77. The van der Waals surface area contributed by atoms with E-state index >= 15 is 0 Å². The molecule has 2 aromatic rings. The van der Waals surface area contributed by atoms with Crippen LogP contribution < -0.4 is 16.6 Å². The highest BCUT2D eigenvalue weighted by Crippen LogP contribution is 2.20. The first-order valence-electron chi connectivity index (χ1n) is 5.26. The Kier molecular flexibility index (Phi) is 2.82. The van der Waals surface area contributed by atoms with Gasteiger partial charge in [0.1, 0.15) is 0 Å². The Hall–Kier alpha value is -2.30. The van der Waals surface area contributed by atoms with E-state index in [9.17, 15) is 9.59 Å². The molecule has 2 rings (SSSR count). The van der Waals surface area contributed by atoms with Crippen molar-refractivity contribution >= 4 is 16.8 Å². The molecule has 0 aliphatic carbocycles. The number of hydrogen-bond acceptors (Lipinski definition) is 2. The summed E-state index contributed by atoms with van der Waals surface area (Å²) in [6.07, 6.45) is 1.60. The average molecular weight is 231 g/mol. The third-order valence-electron chi connectivity index (χ3n) is 2.67. The SMILES string of the molecule is CC(NC(N)=O)c1c[nH]c(=O)c2ccccc12. The summed E-state index contributed by atoms with van der Waals surface area (Å²) < 4.78 is 0. The van der Waals surface area contributed by atoms with E-state index in [4.69, 9.17) is 5.73 Å². The number of carbonyl (C=O) groups excluding carboxylic acids is 1. The number of primary amides is 1. The average Bonchev–Trinajstić information content (AvgIpc) is 2.29. The van der Waals surface area contributed by atoms with Gasteiger partial charge in [-0.3, -0.25) is 4.79 Å². The Balaban J connectivity index is 2.59. The summed E-state index contributed by atoms with van der Waals surface area (Å²) in [6.45, 7) is 1.81. The standard InChI is InChI=1S/C12H13N3O2/c1-7(15-12(13)17)10-6-14-11(16)9-5-3-2-4-8(9)10/h2-7H,1H3,(H,14,16)(H3,13,15,17). The van der Waals surface area contributed by atoms with Gasteiger partial charge in [-0.2, -0.15) is 0 Å². The van der Waals surface area contributed by atoms with Crippen molar-refractivity contribution in [2.45, 2.75) is 13.0 Å². The van der Waals surface area contributed by atoms with Gasteiger partial charge < -0.3 is 16.0 Å². The molecule has 88 valence electrons. The lowest BCUT2D eigenvalue weighted by Gasteiger charge is -2.14. The molecule has 1 unspecified atom stereocenters. The van der Waals surface area contributed by atoms with Gasteiger partial charge in [0.05, 0.1) is 6.04 Å². The Bertz CT molecular complexity index is 618. The van der Waals surface area contributed by atoms with Crippen LogP contribution in [-0.4, -0.2) is 11.0 Å². The van der Waals surface area contributed by atoms with E-state index in [1.54, 1.807) is 18.3 Å². The molecule has 1 aromatic heterocycles. The van der Waals surface area contributed by atoms with Gasteiger partial charge in [-0.1, -0.05) is 18.2 Å². The molecule has 0 bridgehead atoms. The molecular formula is C12H13N3O2. The summed E-state index contributed by atoms with van der Waals surface area (Å²) in [4.78, 5) is 25.1. The third kappa shape index (κ3) is 2.13. The van der Waals surface area contributed by atoms with E-state index in [-0.39, 0.29) is 11.6 Å². The van der Waals surface area contributed by atoms with Gasteiger partial charge in [0.15, 0.2) is 0 Å². The lowest BCUT2D eigenvalue weighted by Crippen LogP contribution is -2.32. The summed E-state index contributed by atoms with van der Waals surface area (Å²) in [5.74, 6) is 0. The number of fused-ring (bicyclic) bond motifs is 1. The maximum absolute atomic E-state index is 11.6. The van der Waals surface area contributed by atoms with Crippen LogP contribution in [0, 0.1) is 0 Å². The van der Waals surface area contributed by atoms with Crippen molar-refractivity contribution in [3.8, 4) is 0 Å². The van der Waals surface area contributed by atoms with Crippen LogP contribution in [0.25, 0.3) is 10.8 Å². The van der Waals surface area contributed by atoms with E-state index in [2.05, 4.69) is 10.3 Å². The first-order chi connectivity index (χ1) is 8.09. The van der Waals surface area contributed by atoms with Crippen LogP contribution >= 0.6 is 0 Å². The first kappa shape index (κ1) is 11.2. The van der Waals surface area contributed by atoms with E-state index in [0.717, 1.165) is 10.9 Å². The highest BCUT2D eigenvalue weighted by atomic mass is 16.2. The highest BCUT2D eigenvalue weighted by Gasteiger charge is 2.11. The maximum Gasteiger partial charge on any atom is 0.312 e. The number of amides is 2. The Morgan fingerprint density at radius 3 is 2.65 bits per heavy atom. The van der Waals surface area contributed by atoms with Gasteiger partial charge in [-0.25, -0.2) is 4.79 Å². The predicted octanol–water partition coefficient (Wildman–Crippen LogP) is 1.26. The fraction of sp³-hybridized carbons (Fsp3) is 0.167. The molecule has 2 amide bonds. The topological polar surface area (TPSA) is 88.0 Å². The minimum atomic E-state index is -0.590. The molecule has 1 heterocycles. The molecule has 17 heavy (non-hydrogen) atoms. The quantitative estimate of drug-likeness (QED) is 0.726. The monoisotopic (exact) mass is 231 g/mol. The number of benzene rings is 1. The number of urea groups is 1. The largest absolute Gasteiger partial charge is 0.352 e. The van der Waals surface area contributed by atoms with Crippen LogP contribution in [0.4, 0.5) is 4.79 Å². The van der Waals surface area contributed by atoms with Gasteiger partial charge >= 0.3 is 6.03 Å². The normalized spacial score (nSPS) is 12.3. The maximum atomic E-state index is 11.6. The zero-order valence-corrected chi connectivity index (χ0v) is 9.36. The van der Waals surface area contributed by atoms with Gasteiger partial charge in [-0.15, -0.1) is 0 Å². The molecule has 0 spiro atoms. The summed E-state index contributed by atoms with van der Waals surface area (Å²) in [7, 11) is 0. The van der Waals surface area contributed by atoms with E-state index in [0.29, 0.717) is 5.39 Å². The van der Waals surface area contributed by atoms with Crippen LogP contribution in [0.1, 0.15) is 18.5 Å². The van der Waals surface area contributed by atoms with Crippen molar-refractivity contribution in [2.24, 2.45) is 5.73 Å². The van der Waals surface area contributed by atoms with Gasteiger partial charge in [0.2, 0.25) is 0 Å². The zero-order valence-electron chi connectivity index (χ0n) is 9.36. The van der Waals surface area contributed by atoms with Gasteiger partial charge in [0.25, 0.3) is 5.56 Å². The van der Waals surface area contributed by atoms with Crippen LogP contribution in [0.15, 0.2) is 35.3 Å². The second kappa shape index (κ2) is 4.29. The molecule has 0 aliphatic heterocycles. The van der Waals surface area contributed by atoms with Crippen LogP contribution in [0.5, 0.6) is 0 Å². The minimum Gasteiger partial charge on any atom is -0.352 e. The fourth-order valence-corrected chi connectivity index (χ4v) is 1.88. The van der Waals surface area contributed by atoms with Crippen molar-refractivity contribution in [1.82, 2.24) is 10.3 Å². The first-order valence-corrected chi connectivity index (χ1v) is 5.26. The molecule has 5 heteroatoms. The van der Waals surface area contributed by atoms with E-state index in [1.165, 1.54) is 0 Å². The van der Waals surface area contributed by atoms with Crippen molar-refractivity contribution < 1.29 is 4.79 Å². The molecule has 5 nitrogen and oxygen atoms in total. The summed E-state index contributed by atoms with van der Waals surface area (Å²) in [6, 6.07) is 6.39. The van der Waals surface area contributed by atoms with Crippen LogP contribution in [0.3, 0.4) is 0 Å². The zero-order chi connectivity index (χ0) is 12.4. The highest BCUT2D eigenvalue weighted by molar-refractivity contribution is 5.85. The van der Waals surface area contributed by atoms with E-state index < -0.39 is 6.03 Å². The Labute approximate surface area is 97.6 Å². The number of H-pyrrole nitrogens is 1. The summed E-state index contributed by atoms with van der Waals surface area (Å²) in [5, 5.41) is 4.00. The Morgan fingerprint density at radius 2 is 2.00 bits per heavy atom. The molecule has 0 aliphatic rings. The minimum absolute atomic E-state index is 0.143. The molecule has 1 aromatic carbocycles. The second-order valence-electron chi connectivity index (χ2n) is 3.85. The molecule has 0 radical (unpaired) electrons. The van der Waals surface area contributed by atoms with Crippen LogP contribution in [0.2, 0.25) is 0 Å². The number of aromatic nitrogens is 1. The van der Waals surface area contributed by atoms with Gasteiger partial charge in [0, 0.05) is 11.6 Å². The van der Waals surface area contributed by atoms with Crippen molar-refractivity contribution in [2.75, 3.05) is 0 Å². The molecule has 4 N–H and O–H groups in total. The number of pyridine rings is 1. The van der Waals surface area contributed by atoms with E-state index in [1.807, 2.05) is 19.1 Å². The number of aromatic amines is 1. The van der Waals surface area contributed by atoms with Gasteiger partial charge in [-0.05, 0) is 23.9 Å². The number of carbonyl (C=O) groups is 1. The van der Waals surface area contributed by atoms with Crippen molar-refractivity contribution in [3.05, 3.63) is 46.4 Å². The van der Waals surface area contributed by atoms with Crippen molar-refractivity contribution in [1.29, 1.82) is 0 Å². The Morgan fingerprint density at radius 1 is 1.35 bits per heavy atom. The lowest BCUT2D eigenvalue weighted by molar-refractivity contribution is 0.246. The number of rotatable bonds is 2. The molecule has 0 saturated heterocycles. The molecular weight excluding hydrogens is 218 g/mol. The smallest absolute Gasteiger partial charge is 0.312 e.